The largest absolute Gasteiger partial charge is 0.397 e. The Labute approximate surface area is 84.3 Å². The Morgan fingerprint density at radius 2 is 2.15 bits per heavy atom. The van der Waals surface area contributed by atoms with Crippen LogP contribution in [0.4, 0.5) is 11.4 Å². The zero-order valence-corrected chi connectivity index (χ0v) is 8.80. The first-order valence-electron chi connectivity index (χ1n) is 4.42. The van der Waals surface area contributed by atoms with E-state index in [4.69, 9.17) is 17.3 Å². The third-order valence-corrected chi connectivity index (χ3v) is 2.26. The highest BCUT2D eigenvalue weighted by molar-refractivity contribution is 6.33. The first kappa shape index (κ1) is 10.2. The molecule has 1 aromatic rings. The van der Waals surface area contributed by atoms with Gasteiger partial charge >= 0.3 is 0 Å². The lowest BCUT2D eigenvalue weighted by Gasteiger charge is -2.21. The van der Waals surface area contributed by atoms with E-state index in [0.717, 1.165) is 29.4 Å². The fraction of sp³-hybridized carbons (Fsp3) is 0.400. The van der Waals surface area contributed by atoms with Gasteiger partial charge in [-0.15, -0.1) is 0 Å². The quantitative estimate of drug-likeness (QED) is 0.757. The molecule has 0 aliphatic heterocycles. The van der Waals surface area contributed by atoms with Gasteiger partial charge in [-0.05, 0) is 18.6 Å². The van der Waals surface area contributed by atoms with Crippen LogP contribution in [0.1, 0.15) is 13.3 Å². The topological polar surface area (TPSA) is 29.3 Å². The SMILES string of the molecule is CCCN(C)c1c(N)cccc1Cl. The Morgan fingerprint density at radius 1 is 1.46 bits per heavy atom. The highest BCUT2D eigenvalue weighted by Gasteiger charge is 2.07. The van der Waals surface area contributed by atoms with Gasteiger partial charge in [0.1, 0.15) is 0 Å². The zero-order valence-electron chi connectivity index (χ0n) is 8.05. The molecule has 0 fully saturated rings. The molecular formula is C10H15ClN2. The Balaban J connectivity index is 2.98. The molecule has 0 atom stereocenters. The monoisotopic (exact) mass is 198 g/mol. The minimum absolute atomic E-state index is 0.718. The molecule has 0 saturated heterocycles. The van der Waals surface area contributed by atoms with Gasteiger partial charge in [0, 0.05) is 13.6 Å². The van der Waals surface area contributed by atoms with E-state index in [0.29, 0.717) is 0 Å². The molecule has 0 aromatic heterocycles. The van der Waals surface area contributed by atoms with Crippen molar-refractivity contribution in [2.45, 2.75) is 13.3 Å². The highest BCUT2D eigenvalue weighted by atomic mass is 35.5. The van der Waals surface area contributed by atoms with Gasteiger partial charge in [0.25, 0.3) is 0 Å². The van der Waals surface area contributed by atoms with Crippen molar-refractivity contribution in [2.75, 3.05) is 24.2 Å². The fourth-order valence-electron chi connectivity index (χ4n) is 1.38. The lowest BCUT2D eigenvalue weighted by Crippen LogP contribution is -2.19. The molecule has 0 aliphatic rings. The lowest BCUT2D eigenvalue weighted by molar-refractivity contribution is 0.853. The van der Waals surface area contributed by atoms with E-state index in [9.17, 15) is 0 Å². The van der Waals surface area contributed by atoms with Crippen LogP contribution < -0.4 is 10.6 Å². The van der Waals surface area contributed by atoms with Gasteiger partial charge < -0.3 is 10.6 Å². The number of benzene rings is 1. The van der Waals surface area contributed by atoms with Crippen molar-refractivity contribution in [3.63, 3.8) is 0 Å². The highest BCUT2D eigenvalue weighted by Crippen LogP contribution is 2.30. The summed E-state index contributed by atoms with van der Waals surface area (Å²) in [6, 6.07) is 5.59. The van der Waals surface area contributed by atoms with Crippen LogP contribution in [-0.4, -0.2) is 13.6 Å². The number of nitrogen functional groups attached to an aromatic ring is 1. The van der Waals surface area contributed by atoms with Crippen LogP contribution in [-0.2, 0) is 0 Å². The molecule has 2 nitrogen and oxygen atoms in total. The molecule has 0 bridgehead atoms. The van der Waals surface area contributed by atoms with E-state index in [1.54, 1.807) is 0 Å². The molecule has 1 rings (SSSR count). The molecule has 3 heteroatoms. The molecule has 0 saturated carbocycles. The third-order valence-electron chi connectivity index (χ3n) is 1.96. The van der Waals surface area contributed by atoms with Crippen LogP contribution in [0, 0.1) is 0 Å². The minimum Gasteiger partial charge on any atom is -0.397 e. The normalized spacial score (nSPS) is 10.1. The van der Waals surface area contributed by atoms with E-state index in [1.807, 2.05) is 25.2 Å². The molecule has 0 heterocycles. The summed E-state index contributed by atoms with van der Waals surface area (Å²) in [6.45, 7) is 3.09. The minimum atomic E-state index is 0.718. The van der Waals surface area contributed by atoms with Crippen molar-refractivity contribution < 1.29 is 0 Å². The van der Waals surface area contributed by atoms with Crippen molar-refractivity contribution >= 4 is 23.0 Å². The van der Waals surface area contributed by atoms with E-state index < -0.39 is 0 Å². The molecule has 2 N–H and O–H groups in total. The van der Waals surface area contributed by atoms with Crippen molar-refractivity contribution in [2.24, 2.45) is 0 Å². The average Bonchev–Trinajstić information content (AvgIpc) is 2.04. The summed E-state index contributed by atoms with van der Waals surface area (Å²) in [4.78, 5) is 2.08. The molecule has 13 heavy (non-hydrogen) atoms. The number of nitrogens with zero attached hydrogens (tertiary/aromatic N) is 1. The second kappa shape index (κ2) is 4.38. The predicted molar refractivity (Wildman–Crippen MR) is 59.4 cm³/mol. The summed E-state index contributed by atoms with van der Waals surface area (Å²) in [5.41, 5.74) is 7.50. The smallest absolute Gasteiger partial charge is 0.0786 e. The predicted octanol–water partition coefficient (Wildman–Crippen LogP) is 2.77. The first-order valence-corrected chi connectivity index (χ1v) is 4.79. The van der Waals surface area contributed by atoms with E-state index >= 15 is 0 Å². The molecule has 72 valence electrons. The fourth-order valence-corrected chi connectivity index (χ4v) is 1.71. The van der Waals surface area contributed by atoms with Crippen LogP contribution in [0.2, 0.25) is 5.02 Å². The van der Waals surface area contributed by atoms with Gasteiger partial charge in [-0.3, -0.25) is 0 Å². The molecular weight excluding hydrogens is 184 g/mol. The van der Waals surface area contributed by atoms with Crippen molar-refractivity contribution in [1.29, 1.82) is 0 Å². The molecule has 0 radical (unpaired) electrons. The number of para-hydroxylation sites is 1. The van der Waals surface area contributed by atoms with Crippen LogP contribution in [0.15, 0.2) is 18.2 Å². The maximum Gasteiger partial charge on any atom is 0.0786 e. The summed E-state index contributed by atoms with van der Waals surface area (Å²) in [7, 11) is 2.00. The number of hydrogen-bond donors (Lipinski definition) is 1. The summed E-state index contributed by atoms with van der Waals surface area (Å²) >= 11 is 6.04. The maximum absolute atomic E-state index is 6.04. The van der Waals surface area contributed by atoms with Crippen molar-refractivity contribution in [3.05, 3.63) is 23.2 Å². The third kappa shape index (κ3) is 2.28. The van der Waals surface area contributed by atoms with Gasteiger partial charge in [-0.2, -0.15) is 0 Å². The number of rotatable bonds is 3. The lowest BCUT2D eigenvalue weighted by atomic mass is 10.2. The van der Waals surface area contributed by atoms with Crippen molar-refractivity contribution in [3.8, 4) is 0 Å². The van der Waals surface area contributed by atoms with Crippen LogP contribution in [0.3, 0.4) is 0 Å². The molecule has 1 aromatic carbocycles. The summed E-state index contributed by atoms with van der Waals surface area (Å²) < 4.78 is 0. The second-order valence-electron chi connectivity index (χ2n) is 3.10. The Hall–Kier alpha value is -0.890. The van der Waals surface area contributed by atoms with E-state index in [2.05, 4.69) is 11.8 Å². The van der Waals surface area contributed by atoms with Crippen LogP contribution >= 0.6 is 11.6 Å². The summed E-state index contributed by atoms with van der Waals surface area (Å²) in [5.74, 6) is 0. The zero-order chi connectivity index (χ0) is 9.84. The maximum atomic E-state index is 6.04. The number of anilines is 2. The Kier molecular flexibility index (Phi) is 3.43. The van der Waals surface area contributed by atoms with Crippen molar-refractivity contribution in [1.82, 2.24) is 0 Å². The number of hydrogen-bond acceptors (Lipinski definition) is 2. The molecule has 0 aliphatic carbocycles. The Bertz CT molecular complexity index is 266. The van der Waals surface area contributed by atoms with Gasteiger partial charge in [0.2, 0.25) is 0 Å². The van der Waals surface area contributed by atoms with Gasteiger partial charge in [-0.1, -0.05) is 24.6 Å². The number of halogens is 1. The standard InChI is InChI=1S/C10H15ClN2/c1-3-7-13(2)10-8(11)5-4-6-9(10)12/h4-6H,3,7,12H2,1-2H3. The summed E-state index contributed by atoms with van der Waals surface area (Å²) in [6.07, 6.45) is 1.08. The first-order chi connectivity index (χ1) is 6.16. The van der Waals surface area contributed by atoms with Gasteiger partial charge in [0.05, 0.1) is 16.4 Å². The molecule has 0 amide bonds. The van der Waals surface area contributed by atoms with E-state index in [-0.39, 0.29) is 0 Å². The van der Waals surface area contributed by atoms with Crippen LogP contribution in [0.5, 0.6) is 0 Å². The number of nitrogens with two attached hydrogens (primary N) is 1. The Morgan fingerprint density at radius 3 is 2.69 bits per heavy atom. The summed E-state index contributed by atoms with van der Waals surface area (Å²) in [5, 5.41) is 0.718. The van der Waals surface area contributed by atoms with Crippen LogP contribution in [0.25, 0.3) is 0 Å². The second-order valence-corrected chi connectivity index (χ2v) is 3.51. The van der Waals surface area contributed by atoms with E-state index in [1.165, 1.54) is 0 Å². The van der Waals surface area contributed by atoms with Gasteiger partial charge in [0.15, 0.2) is 0 Å². The van der Waals surface area contributed by atoms with Gasteiger partial charge in [-0.25, -0.2) is 0 Å². The average molecular weight is 199 g/mol. The molecule has 0 spiro atoms. The molecule has 0 unspecified atom stereocenters.